The zero-order chi connectivity index (χ0) is 21.2. The van der Waals surface area contributed by atoms with Gasteiger partial charge in [-0.25, -0.2) is 9.07 Å². The average molecular weight is 544 g/mol. The highest BCUT2D eigenvalue weighted by Crippen LogP contribution is 2.11. The molecular formula is C22H34FIN6O. The third kappa shape index (κ3) is 8.38. The van der Waals surface area contributed by atoms with Gasteiger partial charge in [0.1, 0.15) is 5.82 Å². The minimum absolute atomic E-state index is 0. The number of aromatic nitrogens is 2. The number of hydrogen-bond donors (Lipinski definition) is 2. The maximum Gasteiger partial charge on any atom is 0.191 e. The molecule has 1 aromatic heterocycles. The number of piperidine rings is 1. The Hall–Kier alpha value is -1.72. The van der Waals surface area contributed by atoms with E-state index in [9.17, 15) is 4.39 Å². The van der Waals surface area contributed by atoms with E-state index in [4.69, 9.17) is 9.73 Å². The molecule has 1 aliphatic rings. The number of hydrogen-bond acceptors (Lipinski definition) is 4. The lowest BCUT2D eigenvalue weighted by Gasteiger charge is -2.32. The summed E-state index contributed by atoms with van der Waals surface area (Å²) < 4.78 is 20.0. The van der Waals surface area contributed by atoms with Gasteiger partial charge >= 0.3 is 0 Å². The molecule has 0 amide bonds. The van der Waals surface area contributed by atoms with Gasteiger partial charge in [-0.3, -0.25) is 4.99 Å². The van der Waals surface area contributed by atoms with Crippen LogP contribution in [0.2, 0.25) is 0 Å². The van der Waals surface area contributed by atoms with Crippen LogP contribution >= 0.6 is 24.0 Å². The Labute approximate surface area is 201 Å². The highest BCUT2D eigenvalue weighted by Gasteiger charge is 2.19. The number of benzene rings is 1. The van der Waals surface area contributed by atoms with Crippen molar-refractivity contribution in [2.75, 3.05) is 46.4 Å². The number of guanidine groups is 1. The first-order chi connectivity index (χ1) is 14.7. The summed E-state index contributed by atoms with van der Waals surface area (Å²) in [5.41, 5.74) is 1.81. The van der Waals surface area contributed by atoms with Crippen LogP contribution in [-0.4, -0.2) is 73.1 Å². The Bertz CT molecular complexity index is 790. The maximum absolute atomic E-state index is 13.1. The molecular weight excluding hydrogens is 510 g/mol. The average Bonchev–Trinajstić information content (AvgIpc) is 3.23. The Balaban J connectivity index is 0.00000341. The third-order valence-corrected chi connectivity index (χ3v) is 5.26. The van der Waals surface area contributed by atoms with Crippen molar-refractivity contribution in [3.8, 4) is 5.69 Å². The van der Waals surface area contributed by atoms with E-state index in [1.54, 1.807) is 23.9 Å². The minimum atomic E-state index is -0.246. The molecule has 2 heterocycles. The molecule has 9 heteroatoms. The number of aliphatic imine (C=N–C) groups is 1. The molecule has 2 N–H and O–H groups in total. The summed E-state index contributed by atoms with van der Waals surface area (Å²) in [5.74, 6) is 0.621. The second-order valence-corrected chi connectivity index (χ2v) is 7.49. The van der Waals surface area contributed by atoms with Crippen molar-refractivity contribution >= 4 is 29.9 Å². The monoisotopic (exact) mass is 544 g/mol. The highest BCUT2D eigenvalue weighted by molar-refractivity contribution is 14.0. The number of nitrogens with one attached hydrogen (secondary N) is 2. The molecule has 1 saturated heterocycles. The molecule has 1 fully saturated rings. The van der Waals surface area contributed by atoms with Gasteiger partial charge in [0.15, 0.2) is 5.96 Å². The number of nitrogens with zero attached hydrogens (tertiary/aromatic N) is 4. The fraction of sp³-hybridized carbons (Fsp3) is 0.545. The van der Waals surface area contributed by atoms with Crippen LogP contribution in [0.1, 0.15) is 25.5 Å². The normalized spacial score (nSPS) is 15.5. The number of rotatable bonds is 9. The lowest BCUT2D eigenvalue weighted by Crippen LogP contribution is -2.49. The lowest BCUT2D eigenvalue weighted by atomic mass is 10.1. The first-order valence-electron chi connectivity index (χ1n) is 10.7. The van der Waals surface area contributed by atoms with Gasteiger partial charge in [-0.1, -0.05) is 0 Å². The zero-order valence-corrected chi connectivity index (χ0v) is 20.7. The largest absolute Gasteiger partial charge is 0.383 e. The second-order valence-electron chi connectivity index (χ2n) is 7.49. The van der Waals surface area contributed by atoms with Crippen LogP contribution in [0.4, 0.5) is 4.39 Å². The van der Waals surface area contributed by atoms with Gasteiger partial charge in [0.2, 0.25) is 0 Å². The van der Waals surface area contributed by atoms with Crippen molar-refractivity contribution in [2.24, 2.45) is 4.99 Å². The first kappa shape index (κ1) is 25.5. The van der Waals surface area contributed by atoms with Crippen LogP contribution in [0, 0.1) is 5.82 Å². The van der Waals surface area contributed by atoms with Gasteiger partial charge in [-0.2, -0.15) is 5.10 Å². The maximum atomic E-state index is 13.1. The predicted molar refractivity (Wildman–Crippen MR) is 133 cm³/mol. The van der Waals surface area contributed by atoms with Gasteiger partial charge in [0.05, 0.1) is 18.0 Å². The number of likely N-dealkylation sites (tertiary alicyclic amines) is 1. The summed E-state index contributed by atoms with van der Waals surface area (Å²) >= 11 is 0. The van der Waals surface area contributed by atoms with E-state index < -0.39 is 0 Å². The Kier molecular flexibility index (Phi) is 11.2. The molecule has 0 aliphatic carbocycles. The van der Waals surface area contributed by atoms with E-state index in [1.807, 2.05) is 12.3 Å². The van der Waals surface area contributed by atoms with Gasteiger partial charge in [0.25, 0.3) is 0 Å². The SMILES string of the molecule is CCNC(=NCCc1ccn(-c2ccc(F)cc2)n1)NC1CCN(CCOC)CC1.I. The van der Waals surface area contributed by atoms with Crippen molar-refractivity contribution in [3.05, 3.63) is 48.0 Å². The van der Waals surface area contributed by atoms with E-state index in [1.165, 1.54) is 12.1 Å². The van der Waals surface area contributed by atoms with Crippen LogP contribution in [-0.2, 0) is 11.2 Å². The quantitative estimate of drug-likeness (QED) is 0.289. The molecule has 3 rings (SSSR count). The van der Waals surface area contributed by atoms with Gasteiger partial charge in [-0.05, 0) is 50.1 Å². The molecule has 2 aromatic rings. The Morgan fingerprint density at radius 2 is 1.97 bits per heavy atom. The van der Waals surface area contributed by atoms with Gasteiger partial charge in [0, 0.05) is 58.5 Å². The Morgan fingerprint density at radius 3 is 2.65 bits per heavy atom. The standard InChI is InChI=1S/C22H33FN6O.HI/c1-3-24-22(26-19-9-13-28(14-10-19)16-17-30-2)25-12-8-20-11-15-29(27-20)21-6-4-18(23)5-7-21;/h4-7,11,15,19H,3,8-10,12-14,16-17H2,1-2H3,(H2,24,25,26);1H. The first-order valence-corrected chi connectivity index (χ1v) is 10.7. The van der Waals surface area contributed by atoms with E-state index in [0.29, 0.717) is 12.6 Å². The van der Waals surface area contributed by atoms with Gasteiger partial charge < -0.3 is 20.3 Å². The smallest absolute Gasteiger partial charge is 0.191 e. The molecule has 0 bridgehead atoms. The second kappa shape index (κ2) is 13.6. The van der Waals surface area contributed by atoms with E-state index in [0.717, 1.165) is 69.4 Å². The van der Waals surface area contributed by atoms with E-state index in [-0.39, 0.29) is 29.8 Å². The zero-order valence-electron chi connectivity index (χ0n) is 18.4. The fourth-order valence-electron chi connectivity index (χ4n) is 3.55. The van der Waals surface area contributed by atoms with Crippen LogP contribution in [0.5, 0.6) is 0 Å². The summed E-state index contributed by atoms with van der Waals surface area (Å²) in [6.07, 6.45) is 4.86. The molecule has 0 saturated carbocycles. The lowest BCUT2D eigenvalue weighted by molar-refractivity contribution is 0.128. The topological polar surface area (TPSA) is 66.7 Å². The minimum Gasteiger partial charge on any atom is -0.383 e. The summed E-state index contributed by atoms with van der Waals surface area (Å²) in [5, 5.41) is 11.5. The molecule has 1 aliphatic heterocycles. The van der Waals surface area contributed by atoms with Crippen LogP contribution in [0.3, 0.4) is 0 Å². The molecule has 1 aromatic carbocycles. The number of ether oxygens (including phenoxy) is 1. The molecule has 7 nitrogen and oxygen atoms in total. The molecule has 0 unspecified atom stereocenters. The van der Waals surface area contributed by atoms with Crippen LogP contribution < -0.4 is 10.6 Å². The van der Waals surface area contributed by atoms with Crippen LogP contribution in [0.25, 0.3) is 5.69 Å². The van der Waals surface area contributed by atoms with Crippen molar-refractivity contribution in [1.29, 1.82) is 0 Å². The number of halogens is 2. The van der Waals surface area contributed by atoms with Crippen molar-refractivity contribution in [3.63, 3.8) is 0 Å². The highest BCUT2D eigenvalue weighted by atomic mass is 127. The third-order valence-electron chi connectivity index (χ3n) is 5.26. The van der Waals surface area contributed by atoms with E-state index >= 15 is 0 Å². The Morgan fingerprint density at radius 1 is 1.23 bits per heavy atom. The van der Waals surface area contributed by atoms with Gasteiger partial charge in [-0.15, -0.1) is 24.0 Å². The van der Waals surface area contributed by atoms with E-state index in [2.05, 4.69) is 27.6 Å². The summed E-state index contributed by atoms with van der Waals surface area (Å²) in [6, 6.07) is 8.75. The van der Waals surface area contributed by atoms with Crippen molar-refractivity contribution < 1.29 is 9.13 Å². The fourth-order valence-corrected chi connectivity index (χ4v) is 3.55. The van der Waals surface area contributed by atoms with Crippen LogP contribution in [0.15, 0.2) is 41.5 Å². The molecule has 0 atom stereocenters. The number of methoxy groups -OCH3 is 1. The summed E-state index contributed by atoms with van der Waals surface area (Å²) in [7, 11) is 1.75. The molecule has 31 heavy (non-hydrogen) atoms. The molecule has 0 spiro atoms. The predicted octanol–water partition coefficient (Wildman–Crippen LogP) is 2.84. The summed E-state index contributed by atoms with van der Waals surface area (Å²) in [6.45, 7) is 7.53. The van der Waals surface area contributed by atoms with Crippen molar-refractivity contribution in [2.45, 2.75) is 32.2 Å². The summed E-state index contributed by atoms with van der Waals surface area (Å²) in [4.78, 5) is 7.17. The molecule has 172 valence electrons. The molecule has 0 radical (unpaired) electrons. The van der Waals surface area contributed by atoms with Crippen molar-refractivity contribution in [1.82, 2.24) is 25.3 Å².